The monoisotopic (exact) mass is 248 g/mol. The van der Waals surface area contributed by atoms with Gasteiger partial charge in [0.1, 0.15) is 11.6 Å². The topological polar surface area (TPSA) is 100 Å². The van der Waals surface area contributed by atoms with Crippen LogP contribution in [0.25, 0.3) is 0 Å². The molecule has 0 amide bonds. The lowest BCUT2D eigenvalue weighted by atomic mass is 10.3. The lowest BCUT2D eigenvalue weighted by molar-refractivity contribution is 0.0761. The smallest absolute Gasteiger partial charge is 0.223 e. The number of hydrogen-bond acceptors (Lipinski definition) is 7. The fourth-order valence-corrected chi connectivity index (χ4v) is 1.82. The lowest BCUT2D eigenvalue weighted by Gasteiger charge is -2.30. The van der Waals surface area contributed by atoms with Crippen molar-refractivity contribution < 1.29 is 4.74 Å². The Bertz CT molecular complexity index is 457. The Morgan fingerprint density at radius 2 is 2.50 bits per heavy atom. The number of morpholine rings is 1. The minimum Gasteiger partial charge on any atom is -0.370 e. The van der Waals surface area contributed by atoms with Crippen LogP contribution in [-0.2, 0) is 4.74 Å². The van der Waals surface area contributed by atoms with E-state index in [9.17, 15) is 0 Å². The maximum atomic E-state index is 8.88. The molecule has 7 heteroatoms. The van der Waals surface area contributed by atoms with Gasteiger partial charge in [0.15, 0.2) is 6.10 Å². The molecule has 1 aliphatic heterocycles. The summed E-state index contributed by atoms with van der Waals surface area (Å²) in [6.45, 7) is 4.45. The number of nitrogens with one attached hydrogen (secondary N) is 1. The number of nitrogens with two attached hydrogens (primary N) is 1. The summed E-state index contributed by atoms with van der Waals surface area (Å²) >= 11 is 0. The molecule has 18 heavy (non-hydrogen) atoms. The van der Waals surface area contributed by atoms with Crippen molar-refractivity contribution >= 4 is 17.6 Å². The molecule has 3 N–H and O–H groups in total. The largest absolute Gasteiger partial charge is 0.370 e. The Balaban J connectivity index is 2.19. The van der Waals surface area contributed by atoms with E-state index in [1.54, 1.807) is 0 Å². The highest BCUT2D eigenvalue weighted by Crippen LogP contribution is 2.19. The van der Waals surface area contributed by atoms with E-state index in [1.165, 1.54) is 0 Å². The summed E-state index contributed by atoms with van der Waals surface area (Å²) in [5.41, 5.74) is 5.68. The van der Waals surface area contributed by atoms with Gasteiger partial charge in [-0.1, -0.05) is 0 Å². The third kappa shape index (κ3) is 2.78. The number of nitriles is 1. The van der Waals surface area contributed by atoms with Gasteiger partial charge in [0, 0.05) is 19.2 Å². The second kappa shape index (κ2) is 5.51. The van der Waals surface area contributed by atoms with Gasteiger partial charge in [0.25, 0.3) is 0 Å². The fourth-order valence-electron chi connectivity index (χ4n) is 1.82. The number of anilines is 3. The number of nitrogens with zero attached hydrogens (tertiary/aromatic N) is 4. The third-order valence-corrected chi connectivity index (χ3v) is 2.62. The molecule has 0 aromatic carbocycles. The Hall–Kier alpha value is -2.07. The zero-order valence-electron chi connectivity index (χ0n) is 10.3. The van der Waals surface area contributed by atoms with Crippen LogP contribution in [0.1, 0.15) is 6.92 Å². The summed E-state index contributed by atoms with van der Waals surface area (Å²) in [6, 6.07) is 3.94. The molecule has 1 aliphatic rings. The second-order valence-electron chi connectivity index (χ2n) is 3.93. The van der Waals surface area contributed by atoms with Crippen LogP contribution >= 0.6 is 0 Å². The fraction of sp³-hybridized carbons (Fsp3) is 0.545. The van der Waals surface area contributed by atoms with Gasteiger partial charge < -0.3 is 20.7 Å². The molecule has 96 valence electrons. The molecular formula is C11H16N6O. The van der Waals surface area contributed by atoms with Crippen LogP contribution in [-0.4, -0.2) is 42.3 Å². The van der Waals surface area contributed by atoms with Crippen LogP contribution in [0, 0.1) is 11.3 Å². The van der Waals surface area contributed by atoms with Gasteiger partial charge in [-0.05, 0) is 6.92 Å². The summed E-state index contributed by atoms with van der Waals surface area (Å²) in [5.74, 6) is 1.64. The van der Waals surface area contributed by atoms with Crippen LogP contribution in [0.3, 0.4) is 0 Å². The van der Waals surface area contributed by atoms with Gasteiger partial charge in [-0.15, -0.1) is 0 Å². The van der Waals surface area contributed by atoms with Crippen molar-refractivity contribution in [2.75, 3.05) is 42.2 Å². The number of aromatic nitrogens is 2. The predicted octanol–water partition coefficient (Wildman–Crippen LogP) is 0.219. The Kier molecular flexibility index (Phi) is 3.79. The average Bonchev–Trinajstić information content (AvgIpc) is 2.38. The van der Waals surface area contributed by atoms with Gasteiger partial charge >= 0.3 is 0 Å². The van der Waals surface area contributed by atoms with Crippen molar-refractivity contribution in [1.29, 1.82) is 5.26 Å². The highest BCUT2D eigenvalue weighted by atomic mass is 16.5. The van der Waals surface area contributed by atoms with Crippen molar-refractivity contribution in [3.05, 3.63) is 6.07 Å². The molecule has 1 aromatic rings. The van der Waals surface area contributed by atoms with Crippen LogP contribution in [0.5, 0.6) is 0 Å². The van der Waals surface area contributed by atoms with Gasteiger partial charge in [0.2, 0.25) is 5.95 Å². The van der Waals surface area contributed by atoms with Gasteiger partial charge in [-0.25, -0.2) is 0 Å². The van der Waals surface area contributed by atoms with E-state index >= 15 is 0 Å². The van der Waals surface area contributed by atoms with Crippen LogP contribution < -0.4 is 16.0 Å². The van der Waals surface area contributed by atoms with Crippen LogP contribution in [0.15, 0.2) is 6.07 Å². The number of rotatable bonds is 3. The first-order valence-electron chi connectivity index (χ1n) is 5.87. The van der Waals surface area contributed by atoms with Crippen molar-refractivity contribution in [1.82, 2.24) is 9.97 Å². The maximum absolute atomic E-state index is 8.88. The molecule has 0 saturated carbocycles. The molecule has 1 atom stereocenters. The molecule has 1 fully saturated rings. The standard InChI is InChI=1S/C11H16N6O/c1-2-14-9-5-10(16-11(13)15-9)17-3-4-18-8(6-12)7-17/h5,8H,2-4,7H2,1H3,(H3,13,14,15,16). The molecule has 0 aliphatic carbocycles. The van der Waals surface area contributed by atoms with E-state index in [4.69, 9.17) is 15.7 Å². The van der Waals surface area contributed by atoms with E-state index in [-0.39, 0.29) is 5.95 Å². The van der Waals surface area contributed by atoms with E-state index in [0.717, 1.165) is 12.4 Å². The van der Waals surface area contributed by atoms with Crippen LogP contribution in [0.2, 0.25) is 0 Å². The number of nitrogen functional groups attached to an aromatic ring is 1. The van der Waals surface area contributed by atoms with Gasteiger partial charge in [-0.3, -0.25) is 0 Å². The molecule has 1 saturated heterocycles. The molecular weight excluding hydrogens is 232 g/mol. The molecule has 2 heterocycles. The van der Waals surface area contributed by atoms with Crippen molar-refractivity contribution in [3.63, 3.8) is 0 Å². The first kappa shape index (κ1) is 12.4. The maximum Gasteiger partial charge on any atom is 0.223 e. The first-order chi connectivity index (χ1) is 8.72. The molecule has 2 rings (SSSR count). The minimum atomic E-state index is -0.419. The summed E-state index contributed by atoms with van der Waals surface area (Å²) in [4.78, 5) is 10.3. The molecule has 1 unspecified atom stereocenters. The molecule has 1 aromatic heterocycles. The van der Waals surface area contributed by atoms with Crippen molar-refractivity contribution in [2.24, 2.45) is 0 Å². The highest BCUT2D eigenvalue weighted by Gasteiger charge is 2.21. The zero-order valence-corrected chi connectivity index (χ0v) is 10.3. The van der Waals surface area contributed by atoms with E-state index < -0.39 is 6.10 Å². The molecule has 7 nitrogen and oxygen atoms in total. The molecule has 0 bridgehead atoms. The molecule has 0 radical (unpaired) electrons. The number of ether oxygens (including phenoxy) is 1. The van der Waals surface area contributed by atoms with Gasteiger partial charge in [-0.2, -0.15) is 15.2 Å². The highest BCUT2D eigenvalue weighted by molar-refractivity contribution is 5.53. The van der Waals surface area contributed by atoms with Crippen molar-refractivity contribution in [2.45, 2.75) is 13.0 Å². The normalized spacial score (nSPS) is 19.3. The molecule has 0 spiro atoms. The minimum absolute atomic E-state index is 0.225. The number of hydrogen-bond donors (Lipinski definition) is 2. The summed E-state index contributed by atoms with van der Waals surface area (Å²) in [5, 5.41) is 12.0. The first-order valence-corrected chi connectivity index (χ1v) is 5.87. The third-order valence-electron chi connectivity index (χ3n) is 2.62. The van der Waals surface area contributed by atoms with E-state index in [2.05, 4.69) is 21.4 Å². The van der Waals surface area contributed by atoms with E-state index in [0.29, 0.717) is 25.5 Å². The summed E-state index contributed by atoms with van der Waals surface area (Å²) in [6.07, 6.45) is -0.419. The SMILES string of the molecule is CCNc1cc(N2CCOC(C#N)C2)nc(N)n1. The summed E-state index contributed by atoms with van der Waals surface area (Å²) in [7, 11) is 0. The van der Waals surface area contributed by atoms with Crippen molar-refractivity contribution in [3.8, 4) is 6.07 Å². The summed E-state index contributed by atoms with van der Waals surface area (Å²) < 4.78 is 5.29. The average molecular weight is 248 g/mol. The lowest BCUT2D eigenvalue weighted by Crippen LogP contribution is -2.42. The Morgan fingerprint density at radius 1 is 1.67 bits per heavy atom. The second-order valence-corrected chi connectivity index (χ2v) is 3.93. The van der Waals surface area contributed by atoms with E-state index in [1.807, 2.05) is 17.9 Å². The predicted molar refractivity (Wildman–Crippen MR) is 68.2 cm³/mol. The van der Waals surface area contributed by atoms with Gasteiger partial charge in [0.05, 0.1) is 19.2 Å². The Labute approximate surface area is 106 Å². The quantitative estimate of drug-likeness (QED) is 0.789. The van der Waals surface area contributed by atoms with Crippen LogP contribution in [0.4, 0.5) is 17.6 Å². The zero-order chi connectivity index (χ0) is 13.0. The Morgan fingerprint density at radius 3 is 3.22 bits per heavy atom.